The van der Waals surface area contributed by atoms with Gasteiger partial charge in [0.25, 0.3) is 12.3 Å². The van der Waals surface area contributed by atoms with Crippen LogP contribution in [0, 0.1) is 6.92 Å². The number of anilines is 1. The Kier molecular flexibility index (Phi) is 7.03. The fraction of sp³-hybridized carbons (Fsp3) is 0.321. The van der Waals surface area contributed by atoms with Gasteiger partial charge >= 0.3 is 7.94 Å². The van der Waals surface area contributed by atoms with Gasteiger partial charge in [-0.05, 0) is 62.2 Å². The maximum atomic E-state index is 6.69. The van der Waals surface area contributed by atoms with E-state index in [4.69, 9.17) is 34.6 Å². The Bertz CT molecular complexity index is 1440. The highest BCUT2D eigenvalue weighted by atomic mass is 35.5. The Balaban J connectivity index is 1.25. The summed E-state index contributed by atoms with van der Waals surface area (Å²) in [6, 6.07) is 18.5. The number of nitrogens with zero attached hydrogens (tertiary/aromatic N) is 2. The summed E-state index contributed by atoms with van der Waals surface area (Å²) in [7, 11) is -2.57. The zero-order valence-electron chi connectivity index (χ0n) is 21.6. The molecule has 0 radical (unpaired) electrons. The molecule has 0 atom stereocenters. The van der Waals surface area contributed by atoms with E-state index in [1.807, 2.05) is 51.1 Å². The van der Waals surface area contributed by atoms with Crippen molar-refractivity contribution >= 4 is 41.6 Å². The average Bonchev–Trinajstić information content (AvgIpc) is 3.30. The van der Waals surface area contributed by atoms with Crippen molar-refractivity contribution in [3.63, 3.8) is 0 Å². The third-order valence-corrected chi connectivity index (χ3v) is 9.80. The van der Waals surface area contributed by atoms with Gasteiger partial charge in [-0.2, -0.15) is 9.51 Å². The number of fused-ring (bicyclic) bond motifs is 1. The molecule has 0 spiro atoms. The number of aromatic amines is 1. The molecule has 2 fully saturated rings. The first-order chi connectivity index (χ1) is 18.4. The summed E-state index contributed by atoms with van der Waals surface area (Å²) in [5.74, 6) is 0.612. The van der Waals surface area contributed by atoms with E-state index < -0.39 is 7.94 Å². The smallest absolute Gasteiger partial charge is 0.425 e. The summed E-state index contributed by atoms with van der Waals surface area (Å²) in [5, 5.41) is 1.51. The molecule has 2 aliphatic heterocycles. The molecule has 1 N–H and O–H groups in total. The lowest BCUT2D eigenvalue weighted by Gasteiger charge is -2.33. The molecule has 10 heteroatoms. The van der Waals surface area contributed by atoms with Gasteiger partial charge in [-0.15, -0.1) is 9.05 Å². The maximum Gasteiger partial charge on any atom is 0.454 e. The minimum absolute atomic E-state index is 0.288. The molecule has 0 unspecified atom stereocenters. The average molecular weight is 555 g/mol. The van der Waals surface area contributed by atoms with E-state index in [9.17, 15) is 0 Å². The molecule has 2 saturated heterocycles. The number of hydrogen-bond acceptors (Lipinski definition) is 7. The van der Waals surface area contributed by atoms with Gasteiger partial charge in [-0.1, -0.05) is 29.8 Å². The van der Waals surface area contributed by atoms with E-state index in [0.29, 0.717) is 23.4 Å². The highest BCUT2D eigenvalue weighted by Gasteiger charge is 2.62. The predicted molar refractivity (Wildman–Crippen MR) is 151 cm³/mol. The van der Waals surface area contributed by atoms with Gasteiger partial charge in [0.15, 0.2) is 5.30 Å². The van der Waals surface area contributed by atoms with E-state index >= 15 is 0 Å². The van der Waals surface area contributed by atoms with Crippen molar-refractivity contribution in [1.29, 1.82) is 0 Å². The lowest BCUT2D eigenvalue weighted by molar-refractivity contribution is -0.0972. The predicted octanol–water partition coefficient (Wildman–Crippen LogP) is 6.64. The standard InChI is InChI=1S/C28H30ClN3O5P/c1-4-34-38(36-19(3)37-38)27-15-22(10-5-18(27)2)35-28-30-25-16-23(24(29)17-26(25)31-28)20-6-8-21(9-7-20)32-11-13-33-14-12-32/h5-10,15-17,19H,4,11-14H2,1-3H3,(H,30,31)/q+1. The van der Waals surface area contributed by atoms with Crippen LogP contribution < -0.4 is 14.9 Å². The van der Waals surface area contributed by atoms with Crippen molar-refractivity contribution in [3.05, 3.63) is 65.2 Å². The number of imidazole rings is 1. The van der Waals surface area contributed by atoms with Crippen LogP contribution in [0.15, 0.2) is 54.6 Å². The second kappa shape index (κ2) is 10.5. The molecule has 38 heavy (non-hydrogen) atoms. The van der Waals surface area contributed by atoms with Crippen molar-refractivity contribution in [2.75, 3.05) is 37.8 Å². The third-order valence-electron chi connectivity index (χ3n) is 6.67. The molecule has 0 aliphatic carbocycles. The van der Waals surface area contributed by atoms with E-state index in [1.165, 1.54) is 5.69 Å². The van der Waals surface area contributed by atoms with Crippen molar-refractivity contribution in [1.82, 2.24) is 9.97 Å². The van der Waals surface area contributed by atoms with Crippen LogP contribution in [0.5, 0.6) is 11.8 Å². The van der Waals surface area contributed by atoms with Crippen molar-refractivity contribution in [3.8, 4) is 22.9 Å². The molecule has 2 aliphatic rings. The molecular weight excluding hydrogens is 525 g/mol. The van der Waals surface area contributed by atoms with Gasteiger partial charge in [0.2, 0.25) is 0 Å². The zero-order valence-corrected chi connectivity index (χ0v) is 23.2. The van der Waals surface area contributed by atoms with Gasteiger partial charge in [-0.25, -0.2) is 0 Å². The number of morpholine rings is 1. The lowest BCUT2D eigenvalue weighted by atomic mass is 10.0. The first kappa shape index (κ1) is 25.6. The second-order valence-electron chi connectivity index (χ2n) is 9.28. The van der Waals surface area contributed by atoms with Gasteiger partial charge in [0.05, 0.1) is 35.9 Å². The van der Waals surface area contributed by atoms with E-state index in [-0.39, 0.29) is 6.29 Å². The summed E-state index contributed by atoms with van der Waals surface area (Å²) in [4.78, 5) is 10.2. The topological polar surface area (TPSA) is 78.1 Å². The number of benzene rings is 3. The van der Waals surface area contributed by atoms with Gasteiger partial charge in [0.1, 0.15) is 5.75 Å². The molecule has 4 aromatic rings. The van der Waals surface area contributed by atoms with Gasteiger partial charge < -0.3 is 19.4 Å². The number of hydrogen-bond donors (Lipinski definition) is 1. The Hall–Kier alpha value is -2.71. The zero-order chi connectivity index (χ0) is 26.3. The van der Waals surface area contributed by atoms with E-state index in [1.54, 1.807) is 0 Å². The third kappa shape index (κ3) is 4.89. The largest absolute Gasteiger partial charge is 0.454 e. The molecule has 6 rings (SSSR count). The highest BCUT2D eigenvalue weighted by Crippen LogP contribution is 2.70. The van der Waals surface area contributed by atoms with Crippen LogP contribution >= 0.6 is 19.5 Å². The van der Waals surface area contributed by atoms with Crippen LogP contribution in [0.1, 0.15) is 19.4 Å². The Labute approximate surface area is 227 Å². The van der Waals surface area contributed by atoms with Crippen LogP contribution in [0.3, 0.4) is 0 Å². The normalized spacial score (nSPS) is 21.5. The van der Waals surface area contributed by atoms with Crippen LogP contribution in [-0.2, 0) is 18.3 Å². The number of aromatic nitrogens is 2. The molecule has 198 valence electrons. The van der Waals surface area contributed by atoms with E-state index in [0.717, 1.165) is 59.3 Å². The maximum absolute atomic E-state index is 6.69. The van der Waals surface area contributed by atoms with Crippen LogP contribution in [0.2, 0.25) is 5.02 Å². The van der Waals surface area contributed by atoms with Gasteiger partial charge in [-0.3, -0.25) is 0 Å². The first-order valence-electron chi connectivity index (χ1n) is 12.8. The number of rotatable bonds is 7. The Morgan fingerprint density at radius 2 is 1.84 bits per heavy atom. The molecule has 3 aromatic carbocycles. The SMILES string of the molecule is CCO[P+]1(c2cc(Oc3nc4cc(-c5ccc(N6CCOCC6)cc5)c(Cl)cc4[nH]3)ccc2C)OC(C)O1. The van der Waals surface area contributed by atoms with Crippen molar-refractivity contribution < 1.29 is 23.0 Å². The Morgan fingerprint density at radius 1 is 1.08 bits per heavy atom. The molecule has 0 bridgehead atoms. The number of nitrogens with one attached hydrogen (secondary N) is 1. The van der Waals surface area contributed by atoms with E-state index in [2.05, 4.69) is 39.1 Å². The molecule has 3 heterocycles. The number of H-pyrrole nitrogens is 1. The summed E-state index contributed by atoms with van der Waals surface area (Å²) in [6.45, 7) is 9.61. The van der Waals surface area contributed by atoms with Crippen molar-refractivity contribution in [2.24, 2.45) is 0 Å². The first-order valence-corrected chi connectivity index (χ1v) is 14.7. The molecule has 0 amide bonds. The number of halogens is 1. The minimum Gasteiger partial charge on any atom is -0.425 e. The second-order valence-corrected chi connectivity index (χ2v) is 11.8. The van der Waals surface area contributed by atoms with Crippen LogP contribution in [-0.4, -0.2) is 49.2 Å². The number of aryl methyl sites for hydroxylation is 1. The monoisotopic (exact) mass is 554 g/mol. The quantitative estimate of drug-likeness (QED) is 0.257. The van der Waals surface area contributed by atoms with Crippen LogP contribution in [0.4, 0.5) is 5.69 Å². The fourth-order valence-electron chi connectivity index (χ4n) is 4.82. The summed E-state index contributed by atoms with van der Waals surface area (Å²) in [5.41, 5.74) is 5.71. The van der Waals surface area contributed by atoms with Gasteiger partial charge in [0, 0.05) is 30.4 Å². The van der Waals surface area contributed by atoms with Crippen LogP contribution in [0.25, 0.3) is 22.2 Å². The fourth-order valence-corrected chi connectivity index (χ4v) is 7.51. The molecular formula is C28H30ClN3O5P+. The lowest BCUT2D eigenvalue weighted by Crippen LogP contribution is -2.36. The van der Waals surface area contributed by atoms with Crippen molar-refractivity contribution in [2.45, 2.75) is 27.1 Å². The molecule has 0 saturated carbocycles. The summed E-state index contributed by atoms with van der Waals surface area (Å²) >= 11 is 6.69. The summed E-state index contributed by atoms with van der Waals surface area (Å²) in [6.07, 6.45) is -0.288. The Morgan fingerprint density at radius 3 is 2.55 bits per heavy atom. The molecule has 8 nitrogen and oxygen atoms in total. The molecule has 1 aromatic heterocycles. The summed E-state index contributed by atoms with van der Waals surface area (Å²) < 4.78 is 29.4. The minimum atomic E-state index is -2.57. The number of ether oxygens (including phenoxy) is 2. The highest BCUT2D eigenvalue weighted by molar-refractivity contribution is 7.70.